The molecule has 19 heavy (non-hydrogen) atoms. The quantitative estimate of drug-likeness (QED) is 0.657. The molecule has 102 valence electrons. The van der Waals surface area contributed by atoms with E-state index in [2.05, 4.69) is 38.8 Å². The maximum atomic E-state index is 10.7. The molecule has 0 bridgehead atoms. The van der Waals surface area contributed by atoms with Crippen LogP contribution in [0, 0.1) is 0 Å². The zero-order chi connectivity index (χ0) is 14.2. The molecule has 3 nitrogen and oxygen atoms in total. The Morgan fingerprint density at radius 3 is 2.11 bits per heavy atom. The highest BCUT2D eigenvalue weighted by atomic mass is 16.3. The van der Waals surface area contributed by atoms with E-state index < -0.39 is 5.54 Å². The van der Waals surface area contributed by atoms with E-state index in [4.69, 9.17) is 0 Å². The number of carbonyl (C=O) groups excluding carboxylic acids is 1. The van der Waals surface area contributed by atoms with E-state index in [1.165, 1.54) is 0 Å². The summed E-state index contributed by atoms with van der Waals surface area (Å²) in [6.45, 7) is 8.29. The first-order valence-corrected chi connectivity index (χ1v) is 6.88. The largest absolute Gasteiger partial charge is 0.507 e. The van der Waals surface area contributed by atoms with Gasteiger partial charge < -0.3 is 5.11 Å². The van der Waals surface area contributed by atoms with Crippen LogP contribution in [0.5, 0.6) is 5.75 Å². The summed E-state index contributed by atoms with van der Waals surface area (Å²) in [5, 5.41) is 10.6. The number of hydrogen-bond acceptors (Lipinski definition) is 3. The third-order valence-electron chi connectivity index (χ3n) is 3.93. The van der Waals surface area contributed by atoms with Gasteiger partial charge in [0.1, 0.15) is 11.3 Å². The number of phenolic OH excluding ortho intramolecular Hbond substituents is 1. The highest BCUT2D eigenvalue weighted by molar-refractivity contribution is 5.55. The average molecular weight is 259 g/mol. The normalized spacial score (nSPS) is 16.5. The van der Waals surface area contributed by atoms with Gasteiger partial charge in [0, 0.05) is 5.56 Å². The molecule has 2 rings (SSSR count). The van der Waals surface area contributed by atoms with Gasteiger partial charge in [-0.2, -0.15) is 4.99 Å². The minimum atomic E-state index is -0.518. The number of aliphatic imine (C=N–C) groups is 1. The van der Waals surface area contributed by atoms with Gasteiger partial charge in [-0.15, -0.1) is 0 Å². The van der Waals surface area contributed by atoms with E-state index in [0.717, 1.165) is 29.5 Å². The Bertz CT molecular complexity index is 536. The van der Waals surface area contributed by atoms with Crippen LogP contribution in [0.15, 0.2) is 17.1 Å². The lowest BCUT2D eigenvalue weighted by Gasteiger charge is -2.22. The second-order valence-electron chi connectivity index (χ2n) is 6.01. The summed E-state index contributed by atoms with van der Waals surface area (Å²) in [5.41, 5.74) is 2.33. The third kappa shape index (κ3) is 2.31. The Morgan fingerprint density at radius 2 is 1.68 bits per heavy atom. The number of rotatable bonds is 4. The number of isocyanates is 1. The van der Waals surface area contributed by atoms with E-state index in [1.54, 1.807) is 6.08 Å². The first-order chi connectivity index (χ1) is 8.93. The monoisotopic (exact) mass is 259 g/mol. The lowest BCUT2D eigenvalue weighted by Crippen LogP contribution is -2.10. The van der Waals surface area contributed by atoms with Crippen LogP contribution in [0.1, 0.15) is 69.1 Å². The van der Waals surface area contributed by atoms with Gasteiger partial charge in [-0.1, -0.05) is 39.8 Å². The number of benzene rings is 1. The summed E-state index contributed by atoms with van der Waals surface area (Å²) in [6, 6.07) is 4.05. The van der Waals surface area contributed by atoms with Crippen molar-refractivity contribution in [3.05, 3.63) is 28.8 Å². The Labute approximate surface area is 114 Å². The molecule has 0 aliphatic heterocycles. The Kier molecular flexibility index (Phi) is 3.51. The predicted octanol–water partition coefficient (Wildman–Crippen LogP) is 3.96. The summed E-state index contributed by atoms with van der Waals surface area (Å²) in [6.07, 6.45) is 3.31. The molecule has 0 atom stereocenters. The summed E-state index contributed by atoms with van der Waals surface area (Å²) in [5.74, 6) is 0.857. The lowest BCUT2D eigenvalue weighted by atomic mass is 9.86. The summed E-state index contributed by atoms with van der Waals surface area (Å²) < 4.78 is 0. The van der Waals surface area contributed by atoms with Crippen molar-refractivity contribution < 1.29 is 9.90 Å². The van der Waals surface area contributed by atoms with Crippen LogP contribution in [0.4, 0.5) is 0 Å². The number of hydrogen-bond donors (Lipinski definition) is 1. The molecule has 0 saturated heterocycles. The molecule has 0 radical (unpaired) electrons. The number of aromatic hydroxyl groups is 1. The molecule has 1 saturated carbocycles. The number of phenols is 1. The maximum absolute atomic E-state index is 10.7. The first-order valence-electron chi connectivity index (χ1n) is 6.88. The molecular weight excluding hydrogens is 238 g/mol. The van der Waals surface area contributed by atoms with Gasteiger partial charge in [-0.3, -0.25) is 0 Å². The van der Waals surface area contributed by atoms with Crippen molar-refractivity contribution in [2.24, 2.45) is 4.99 Å². The molecule has 1 N–H and O–H groups in total. The van der Waals surface area contributed by atoms with Crippen molar-refractivity contribution in [2.75, 3.05) is 0 Å². The van der Waals surface area contributed by atoms with Crippen molar-refractivity contribution in [2.45, 2.75) is 57.9 Å². The Balaban J connectivity index is 2.68. The molecule has 0 aromatic heterocycles. The molecule has 0 unspecified atom stereocenters. The van der Waals surface area contributed by atoms with Crippen molar-refractivity contribution in [1.29, 1.82) is 0 Å². The van der Waals surface area contributed by atoms with Crippen molar-refractivity contribution >= 4 is 6.08 Å². The summed E-state index contributed by atoms with van der Waals surface area (Å²) in [7, 11) is 0. The van der Waals surface area contributed by atoms with Crippen LogP contribution < -0.4 is 0 Å². The van der Waals surface area contributed by atoms with E-state index >= 15 is 0 Å². The molecule has 0 amide bonds. The van der Waals surface area contributed by atoms with Gasteiger partial charge in [0.05, 0.1) is 0 Å². The third-order valence-corrected chi connectivity index (χ3v) is 3.93. The molecule has 3 heteroatoms. The van der Waals surface area contributed by atoms with Crippen LogP contribution in [-0.4, -0.2) is 11.2 Å². The van der Waals surface area contributed by atoms with E-state index in [1.807, 2.05) is 6.07 Å². The smallest absolute Gasteiger partial charge is 0.235 e. The average Bonchev–Trinajstić information content (AvgIpc) is 3.08. The van der Waals surface area contributed by atoms with Crippen LogP contribution in [-0.2, 0) is 10.3 Å². The van der Waals surface area contributed by atoms with Crippen LogP contribution in [0.25, 0.3) is 0 Å². The fraction of sp³-hybridized carbons (Fsp3) is 0.562. The first kappa shape index (κ1) is 13.8. The van der Waals surface area contributed by atoms with E-state index in [-0.39, 0.29) is 5.92 Å². The Morgan fingerprint density at radius 1 is 1.16 bits per heavy atom. The molecular formula is C16H21NO2. The second kappa shape index (κ2) is 4.82. The van der Waals surface area contributed by atoms with Gasteiger partial charge in [-0.05, 0) is 35.8 Å². The van der Waals surface area contributed by atoms with Gasteiger partial charge in [0.2, 0.25) is 6.08 Å². The highest BCUT2D eigenvalue weighted by Crippen LogP contribution is 2.55. The van der Waals surface area contributed by atoms with Gasteiger partial charge in [0.25, 0.3) is 0 Å². The van der Waals surface area contributed by atoms with Crippen LogP contribution in [0.2, 0.25) is 0 Å². The molecule has 1 aliphatic carbocycles. The topological polar surface area (TPSA) is 49.7 Å². The molecule has 0 heterocycles. The summed E-state index contributed by atoms with van der Waals surface area (Å²) in [4.78, 5) is 14.6. The van der Waals surface area contributed by atoms with E-state index in [9.17, 15) is 9.90 Å². The van der Waals surface area contributed by atoms with Crippen molar-refractivity contribution in [3.8, 4) is 5.75 Å². The fourth-order valence-electron chi connectivity index (χ4n) is 2.68. The van der Waals surface area contributed by atoms with Gasteiger partial charge >= 0.3 is 0 Å². The van der Waals surface area contributed by atoms with Crippen LogP contribution in [0.3, 0.4) is 0 Å². The highest BCUT2D eigenvalue weighted by Gasteiger charge is 2.48. The second-order valence-corrected chi connectivity index (χ2v) is 6.01. The predicted molar refractivity (Wildman–Crippen MR) is 75.3 cm³/mol. The minimum Gasteiger partial charge on any atom is -0.507 e. The standard InChI is InChI=1S/C16H21NO2/c1-10(2)12-5-6-13(11(3)4)15(19)14(12)16(7-8-16)17-9-18/h5-6,10-11,19H,7-8H2,1-4H3. The lowest BCUT2D eigenvalue weighted by molar-refractivity contribution is 0.446. The maximum Gasteiger partial charge on any atom is 0.235 e. The minimum absolute atomic E-state index is 0.246. The summed E-state index contributed by atoms with van der Waals surface area (Å²) >= 11 is 0. The fourth-order valence-corrected chi connectivity index (χ4v) is 2.68. The molecule has 1 aromatic rings. The van der Waals surface area contributed by atoms with Gasteiger partial charge in [-0.25, -0.2) is 4.79 Å². The molecule has 0 spiro atoms. The molecule has 1 fully saturated rings. The zero-order valence-corrected chi connectivity index (χ0v) is 12.0. The van der Waals surface area contributed by atoms with Crippen molar-refractivity contribution in [1.82, 2.24) is 0 Å². The number of nitrogens with zero attached hydrogens (tertiary/aromatic N) is 1. The van der Waals surface area contributed by atoms with E-state index in [0.29, 0.717) is 11.7 Å². The molecule has 1 aliphatic rings. The van der Waals surface area contributed by atoms with Crippen molar-refractivity contribution in [3.63, 3.8) is 0 Å². The SMILES string of the molecule is CC(C)c1ccc(C(C)C)c(C2(N=C=O)CC2)c1O. The van der Waals surface area contributed by atoms with Crippen LogP contribution >= 0.6 is 0 Å². The molecule has 1 aromatic carbocycles. The van der Waals surface area contributed by atoms with Gasteiger partial charge in [0.15, 0.2) is 0 Å². The Hall–Kier alpha value is -1.60. The zero-order valence-electron chi connectivity index (χ0n) is 12.0.